The van der Waals surface area contributed by atoms with E-state index >= 15 is 0 Å². The van der Waals surface area contributed by atoms with Crippen LogP contribution in [0.15, 0.2) is 43.0 Å². The molecule has 3 saturated heterocycles. The van der Waals surface area contributed by atoms with Gasteiger partial charge in [0.1, 0.15) is 24.1 Å². The molecule has 2 aromatic heterocycles. The van der Waals surface area contributed by atoms with Crippen molar-refractivity contribution in [3.05, 3.63) is 48.5 Å². The van der Waals surface area contributed by atoms with E-state index in [2.05, 4.69) is 21.9 Å². The Bertz CT molecular complexity index is 1150. The van der Waals surface area contributed by atoms with Crippen LogP contribution in [0.3, 0.4) is 0 Å². The van der Waals surface area contributed by atoms with Crippen molar-refractivity contribution >= 4 is 17.0 Å². The van der Waals surface area contributed by atoms with E-state index in [4.69, 9.17) is 29.4 Å². The Morgan fingerprint density at radius 2 is 1.79 bits per heavy atom. The van der Waals surface area contributed by atoms with Crippen LogP contribution in [0.2, 0.25) is 0 Å². The molecule has 0 amide bonds. The molecular weight excluding hydrogens is 426 g/mol. The van der Waals surface area contributed by atoms with E-state index in [0.29, 0.717) is 23.6 Å². The van der Waals surface area contributed by atoms with Crippen LogP contribution in [0.1, 0.15) is 38.9 Å². The number of nitrogens with zero attached hydrogens (tertiary/aromatic N) is 4. The Kier molecular flexibility index (Phi) is 4.89. The lowest BCUT2D eigenvalue weighted by atomic mass is 9.91. The first-order chi connectivity index (χ1) is 15.9. The number of aromatic nitrogens is 4. The fraction of sp³-hybridized carbons (Fsp3) is 0.522. The number of anilines is 1. The minimum Gasteiger partial charge on any atom is -0.382 e. The molecule has 3 aromatic rings. The molecule has 33 heavy (non-hydrogen) atoms. The van der Waals surface area contributed by atoms with Crippen molar-refractivity contribution in [3.8, 4) is 0 Å². The van der Waals surface area contributed by atoms with Crippen molar-refractivity contribution in [3.63, 3.8) is 0 Å². The smallest absolute Gasteiger partial charge is 0.184 e. The summed E-state index contributed by atoms with van der Waals surface area (Å²) in [6.07, 6.45) is 0.784. The molecule has 0 spiro atoms. The standard InChI is InChI=1S/C23H27N5O5/c1-12-16-14(9-29-22(31-16)13-7-5-4-6-8-13)30-21(18-17(12)32-23(2,3)33-18)28-11-27-15-19(24)25-10-26-20(15)28/h4-8,10-12,14,16-18,21-22H,9H2,1-3H3,(H2,24,25,26)/t12-,14-,16+,17-,18-,21-,22?/m1/s1. The third-order valence-corrected chi connectivity index (χ3v) is 6.59. The molecule has 3 aliphatic heterocycles. The van der Waals surface area contributed by atoms with Gasteiger partial charge in [0, 0.05) is 11.5 Å². The minimum atomic E-state index is -0.771. The number of fused-ring (bicyclic) bond motifs is 3. The van der Waals surface area contributed by atoms with Gasteiger partial charge in [0.15, 0.2) is 29.8 Å². The molecule has 0 radical (unpaired) electrons. The highest BCUT2D eigenvalue weighted by atomic mass is 16.8. The minimum absolute atomic E-state index is 0.0173. The summed E-state index contributed by atoms with van der Waals surface area (Å²) in [7, 11) is 0. The molecule has 3 fully saturated rings. The van der Waals surface area contributed by atoms with Crippen molar-refractivity contribution in [1.29, 1.82) is 0 Å². The van der Waals surface area contributed by atoms with Gasteiger partial charge in [0.2, 0.25) is 0 Å². The predicted octanol–water partition coefficient (Wildman–Crippen LogP) is 2.58. The van der Waals surface area contributed by atoms with E-state index in [1.807, 2.05) is 48.7 Å². The summed E-state index contributed by atoms with van der Waals surface area (Å²) in [5.74, 6) is -0.475. The van der Waals surface area contributed by atoms with Crippen LogP contribution in [-0.4, -0.2) is 56.3 Å². The molecule has 174 valence electrons. The van der Waals surface area contributed by atoms with Crippen molar-refractivity contribution in [2.24, 2.45) is 5.92 Å². The van der Waals surface area contributed by atoms with E-state index in [-0.39, 0.29) is 24.2 Å². The second kappa shape index (κ2) is 7.71. The molecular formula is C23H27N5O5. The maximum atomic E-state index is 6.64. The summed E-state index contributed by atoms with van der Waals surface area (Å²) in [6, 6.07) is 9.92. The molecule has 7 atom stereocenters. The predicted molar refractivity (Wildman–Crippen MR) is 117 cm³/mol. The zero-order valence-corrected chi connectivity index (χ0v) is 18.7. The van der Waals surface area contributed by atoms with Gasteiger partial charge in [0.25, 0.3) is 0 Å². The van der Waals surface area contributed by atoms with E-state index in [1.165, 1.54) is 6.33 Å². The zero-order valence-electron chi connectivity index (χ0n) is 18.7. The number of nitrogens with two attached hydrogens (primary N) is 1. The molecule has 1 aromatic carbocycles. The quantitative estimate of drug-likeness (QED) is 0.625. The Hall–Kier alpha value is -2.63. The van der Waals surface area contributed by atoms with Crippen molar-refractivity contribution in [2.45, 2.75) is 63.5 Å². The van der Waals surface area contributed by atoms with Gasteiger partial charge in [-0.05, 0) is 13.8 Å². The van der Waals surface area contributed by atoms with Crippen molar-refractivity contribution in [1.82, 2.24) is 19.5 Å². The summed E-state index contributed by atoms with van der Waals surface area (Å²) in [5, 5.41) is 0. The number of benzene rings is 1. The molecule has 10 heteroatoms. The second-order valence-corrected chi connectivity index (χ2v) is 9.25. The average Bonchev–Trinajstić information content (AvgIpc) is 3.36. The Morgan fingerprint density at radius 1 is 1.00 bits per heavy atom. The van der Waals surface area contributed by atoms with Crippen LogP contribution in [-0.2, 0) is 23.7 Å². The lowest BCUT2D eigenvalue weighted by molar-refractivity contribution is -0.292. The van der Waals surface area contributed by atoms with Gasteiger partial charge in [-0.25, -0.2) is 15.0 Å². The average molecular weight is 453 g/mol. The number of nitrogen functional groups attached to an aromatic ring is 1. The number of imidazole rings is 1. The van der Waals surface area contributed by atoms with Crippen LogP contribution < -0.4 is 5.73 Å². The van der Waals surface area contributed by atoms with Gasteiger partial charge in [0.05, 0.1) is 25.1 Å². The first-order valence-corrected chi connectivity index (χ1v) is 11.2. The van der Waals surface area contributed by atoms with Gasteiger partial charge in [-0.3, -0.25) is 4.57 Å². The van der Waals surface area contributed by atoms with Gasteiger partial charge < -0.3 is 29.4 Å². The highest BCUT2D eigenvalue weighted by Crippen LogP contribution is 2.46. The molecule has 0 aliphatic carbocycles. The lowest BCUT2D eigenvalue weighted by Crippen LogP contribution is -2.47. The fourth-order valence-electron chi connectivity index (χ4n) is 5.08. The van der Waals surface area contributed by atoms with Gasteiger partial charge in [-0.2, -0.15) is 0 Å². The molecule has 0 bridgehead atoms. The summed E-state index contributed by atoms with van der Waals surface area (Å²) in [5.41, 5.74) is 8.08. The van der Waals surface area contributed by atoms with Crippen LogP contribution in [0, 0.1) is 5.92 Å². The van der Waals surface area contributed by atoms with Crippen molar-refractivity contribution in [2.75, 3.05) is 12.3 Å². The van der Waals surface area contributed by atoms with Gasteiger partial charge in [-0.1, -0.05) is 37.3 Å². The van der Waals surface area contributed by atoms with Crippen LogP contribution in [0.5, 0.6) is 0 Å². The van der Waals surface area contributed by atoms with Crippen LogP contribution in [0.25, 0.3) is 11.2 Å². The molecule has 6 rings (SSSR count). The highest BCUT2D eigenvalue weighted by molar-refractivity contribution is 5.81. The van der Waals surface area contributed by atoms with Crippen molar-refractivity contribution < 1.29 is 23.7 Å². The van der Waals surface area contributed by atoms with Gasteiger partial charge >= 0.3 is 0 Å². The molecule has 1 unspecified atom stereocenters. The third kappa shape index (κ3) is 3.49. The Balaban J connectivity index is 1.38. The van der Waals surface area contributed by atoms with Crippen LogP contribution >= 0.6 is 0 Å². The summed E-state index contributed by atoms with van der Waals surface area (Å²) >= 11 is 0. The van der Waals surface area contributed by atoms with E-state index in [9.17, 15) is 0 Å². The van der Waals surface area contributed by atoms with E-state index in [0.717, 1.165) is 5.56 Å². The largest absolute Gasteiger partial charge is 0.382 e. The topological polar surface area (TPSA) is 116 Å². The Morgan fingerprint density at radius 3 is 2.61 bits per heavy atom. The fourth-order valence-corrected chi connectivity index (χ4v) is 5.08. The maximum absolute atomic E-state index is 6.64. The number of rotatable bonds is 2. The summed E-state index contributed by atoms with van der Waals surface area (Å²) < 4.78 is 33.8. The molecule has 2 N–H and O–H groups in total. The summed E-state index contributed by atoms with van der Waals surface area (Å²) in [4.78, 5) is 12.9. The lowest BCUT2D eigenvalue weighted by Gasteiger charge is -2.39. The summed E-state index contributed by atoms with van der Waals surface area (Å²) in [6.45, 7) is 6.31. The molecule has 0 saturated carbocycles. The highest BCUT2D eigenvalue weighted by Gasteiger charge is 2.56. The first-order valence-electron chi connectivity index (χ1n) is 11.2. The monoisotopic (exact) mass is 453 g/mol. The SMILES string of the molecule is C[C@H]1[C@H]2OC(C)(C)O[C@H]2[C@H](n2cnc3c(N)ncnc32)O[C@@H]2COC(c3ccccc3)O[C@@H]12. The number of ether oxygens (including phenoxy) is 5. The normalized spacial score (nSPS) is 35.7. The maximum Gasteiger partial charge on any atom is 0.184 e. The molecule has 10 nitrogen and oxygen atoms in total. The Labute approximate surface area is 191 Å². The van der Waals surface area contributed by atoms with E-state index < -0.39 is 24.4 Å². The van der Waals surface area contributed by atoms with Crippen LogP contribution in [0.4, 0.5) is 5.82 Å². The number of hydrogen-bond donors (Lipinski definition) is 1. The van der Waals surface area contributed by atoms with Gasteiger partial charge in [-0.15, -0.1) is 0 Å². The second-order valence-electron chi connectivity index (χ2n) is 9.25. The molecule has 3 aliphatic rings. The third-order valence-electron chi connectivity index (χ3n) is 6.59. The molecule has 5 heterocycles. The first kappa shape index (κ1) is 20.9. The number of hydrogen-bond acceptors (Lipinski definition) is 9. The van der Waals surface area contributed by atoms with E-state index in [1.54, 1.807) is 6.33 Å². The zero-order chi connectivity index (χ0) is 22.7.